The molecular weight excluding hydrogens is 270 g/mol. The molecule has 0 aliphatic carbocycles. The van der Waals surface area contributed by atoms with Gasteiger partial charge in [-0.15, -0.1) is 0 Å². The van der Waals surface area contributed by atoms with Crippen LogP contribution in [-0.4, -0.2) is 24.2 Å². The number of hydrogen-bond acceptors (Lipinski definition) is 5. The highest BCUT2D eigenvalue weighted by Crippen LogP contribution is 2.30. The van der Waals surface area contributed by atoms with E-state index in [1.165, 1.54) is 0 Å². The summed E-state index contributed by atoms with van der Waals surface area (Å²) in [6.07, 6.45) is 0. The van der Waals surface area contributed by atoms with Crippen molar-refractivity contribution in [2.45, 2.75) is 0 Å². The molecule has 3 N–H and O–H groups in total. The lowest BCUT2D eigenvalue weighted by atomic mass is 10.3. The molecule has 1 aromatic heterocycles. The maximum absolute atomic E-state index is 5.74. The fourth-order valence-corrected chi connectivity index (χ4v) is 2.00. The molecule has 0 radical (unpaired) electrons. The molecule has 108 valence electrons. The minimum Gasteiger partial charge on any atom is -0.496 e. The zero-order valence-corrected chi connectivity index (χ0v) is 11.7. The molecule has 0 unspecified atom stereocenters. The van der Waals surface area contributed by atoms with E-state index < -0.39 is 0 Å². The maximum Gasteiger partial charge on any atom is 0.300 e. The molecule has 0 saturated carbocycles. The number of nitrogens with one attached hydrogen (secondary N) is 1. The predicted molar refractivity (Wildman–Crippen MR) is 80.1 cm³/mol. The minimum absolute atomic E-state index is 0.380. The third kappa shape index (κ3) is 2.69. The maximum atomic E-state index is 5.74. The van der Waals surface area contributed by atoms with Crippen LogP contribution in [0, 0.1) is 0 Å². The Labute approximate surface area is 121 Å². The lowest BCUT2D eigenvalue weighted by Gasteiger charge is -2.07. The number of H-pyrrole nitrogens is 1. The summed E-state index contributed by atoms with van der Waals surface area (Å²) in [4.78, 5) is 7.41. The lowest BCUT2D eigenvalue weighted by molar-refractivity contribution is 0.383. The van der Waals surface area contributed by atoms with Crippen LogP contribution in [0.15, 0.2) is 36.4 Å². The topological polar surface area (TPSA) is 82.4 Å². The van der Waals surface area contributed by atoms with Gasteiger partial charge in [0, 0.05) is 23.9 Å². The highest BCUT2D eigenvalue weighted by molar-refractivity contribution is 5.79. The zero-order chi connectivity index (χ0) is 14.8. The second kappa shape index (κ2) is 5.24. The van der Waals surface area contributed by atoms with Crippen molar-refractivity contribution in [2.24, 2.45) is 0 Å². The van der Waals surface area contributed by atoms with Gasteiger partial charge < -0.3 is 24.9 Å². The Bertz CT molecular complexity index is 761. The summed E-state index contributed by atoms with van der Waals surface area (Å²) in [5.74, 6) is 1.85. The molecule has 6 heteroatoms. The van der Waals surface area contributed by atoms with E-state index in [2.05, 4.69) is 9.97 Å². The molecular formula is C15H15N3O3. The van der Waals surface area contributed by atoms with Gasteiger partial charge in [0.15, 0.2) is 0 Å². The standard InChI is InChI=1S/C15H15N3O3/c1-19-10-6-11(20-2)8-12(7-10)21-15-17-13-4-3-9(16)5-14(13)18-15/h3-8H,16H2,1-2H3,(H,17,18). The summed E-state index contributed by atoms with van der Waals surface area (Å²) in [6, 6.07) is 11.1. The second-order valence-corrected chi connectivity index (χ2v) is 4.47. The summed E-state index contributed by atoms with van der Waals surface area (Å²) >= 11 is 0. The van der Waals surface area contributed by atoms with E-state index in [0.29, 0.717) is 28.9 Å². The average molecular weight is 285 g/mol. The van der Waals surface area contributed by atoms with Crippen molar-refractivity contribution in [3.8, 4) is 23.3 Å². The number of nitrogens with two attached hydrogens (primary N) is 1. The molecule has 0 atom stereocenters. The van der Waals surface area contributed by atoms with Crippen LogP contribution in [0.25, 0.3) is 11.0 Å². The largest absolute Gasteiger partial charge is 0.496 e. The fraction of sp³-hybridized carbons (Fsp3) is 0.133. The number of imidazole rings is 1. The molecule has 0 amide bonds. The third-order valence-electron chi connectivity index (χ3n) is 3.02. The summed E-state index contributed by atoms with van der Waals surface area (Å²) in [5, 5.41) is 0. The lowest BCUT2D eigenvalue weighted by Crippen LogP contribution is -1.91. The summed E-state index contributed by atoms with van der Waals surface area (Å²) in [6.45, 7) is 0. The third-order valence-corrected chi connectivity index (χ3v) is 3.02. The number of benzene rings is 2. The van der Waals surface area contributed by atoms with Crippen molar-refractivity contribution in [1.29, 1.82) is 0 Å². The number of rotatable bonds is 4. The average Bonchev–Trinajstić information content (AvgIpc) is 2.87. The fourth-order valence-electron chi connectivity index (χ4n) is 2.00. The highest BCUT2D eigenvalue weighted by Gasteiger charge is 2.08. The van der Waals surface area contributed by atoms with Gasteiger partial charge in [-0.05, 0) is 18.2 Å². The van der Waals surface area contributed by atoms with Gasteiger partial charge in [0.2, 0.25) is 0 Å². The van der Waals surface area contributed by atoms with Crippen LogP contribution >= 0.6 is 0 Å². The summed E-state index contributed by atoms with van der Waals surface area (Å²) < 4.78 is 16.1. The number of hydrogen-bond donors (Lipinski definition) is 2. The molecule has 0 spiro atoms. The Morgan fingerprint density at radius 1 is 0.952 bits per heavy atom. The first-order chi connectivity index (χ1) is 10.2. The van der Waals surface area contributed by atoms with Crippen LogP contribution in [0.5, 0.6) is 23.3 Å². The molecule has 0 saturated heterocycles. The zero-order valence-electron chi connectivity index (χ0n) is 11.7. The Morgan fingerprint density at radius 2 is 1.62 bits per heavy atom. The first-order valence-corrected chi connectivity index (χ1v) is 6.34. The smallest absolute Gasteiger partial charge is 0.300 e. The van der Waals surface area contributed by atoms with E-state index in [1.54, 1.807) is 44.6 Å². The van der Waals surface area contributed by atoms with Crippen LogP contribution < -0.4 is 19.9 Å². The van der Waals surface area contributed by atoms with Gasteiger partial charge >= 0.3 is 0 Å². The van der Waals surface area contributed by atoms with E-state index in [9.17, 15) is 0 Å². The normalized spacial score (nSPS) is 10.6. The van der Waals surface area contributed by atoms with E-state index >= 15 is 0 Å². The van der Waals surface area contributed by atoms with Crippen molar-refractivity contribution in [3.05, 3.63) is 36.4 Å². The number of anilines is 1. The van der Waals surface area contributed by atoms with Gasteiger partial charge in [-0.2, -0.15) is 4.98 Å². The molecule has 3 rings (SSSR count). The van der Waals surface area contributed by atoms with Gasteiger partial charge in [-0.3, -0.25) is 0 Å². The van der Waals surface area contributed by atoms with Crippen LogP contribution in [0.1, 0.15) is 0 Å². The first-order valence-electron chi connectivity index (χ1n) is 6.34. The van der Waals surface area contributed by atoms with Crippen LogP contribution in [0.4, 0.5) is 5.69 Å². The summed E-state index contributed by atoms with van der Waals surface area (Å²) in [5.41, 5.74) is 8.01. The van der Waals surface area contributed by atoms with Crippen LogP contribution in [0.3, 0.4) is 0 Å². The number of nitrogens with zero attached hydrogens (tertiary/aromatic N) is 1. The number of methoxy groups -OCH3 is 2. The van der Waals surface area contributed by atoms with E-state index in [-0.39, 0.29) is 0 Å². The van der Waals surface area contributed by atoms with Crippen molar-refractivity contribution in [2.75, 3.05) is 20.0 Å². The van der Waals surface area contributed by atoms with Crippen molar-refractivity contribution >= 4 is 16.7 Å². The number of ether oxygens (including phenoxy) is 3. The first kappa shape index (κ1) is 13.1. The van der Waals surface area contributed by atoms with Gasteiger partial charge in [-0.1, -0.05) is 0 Å². The predicted octanol–water partition coefficient (Wildman–Crippen LogP) is 2.95. The monoisotopic (exact) mass is 285 g/mol. The molecule has 0 aliphatic rings. The number of fused-ring (bicyclic) bond motifs is 1. The van der Waals surface area contributed by atoms with Gasteiger partial charge in [-0.25, -0.2) is 0 Å². The van der Waals surface area contributed by atoms with Crippen molar-refractivity contribution in [3.63, 3.8) is 0 Å². The highest BCUT2D eigenvalue weighted by atomic mass is 16.5. The molecule has 0 aliphatic heterocycles. The number of aromatic nitrogens is 2. The Hall–Kier alpha value is -2.89. The number of aromatic amines is 1. The Balaban J connectivity index is 1.94. The van der Waals surface area contributed by atoms with Crippen LogP contribution in [-0.2, 0) is 0 Å². The van der Waals surface area contributed by atoms with Gasteiger partial charge in [0.25, 0.3) is 6.01 Å². The summed E-state index contributed by atoms with van der Waals surface area (Å²) in [7, 11) is 3.17. The Kier molecular flexibility index (Phi) is 3.27. The van der Waals surface area contributed by atoms with Gasteiger partial charge in [0.1, 0.15) is 17.2 Å². The van der Waals surface area contributed by atoms with Gasteiger partial charge in [0.05, 0.1) is 25.3 Å². The van der Waals surface area contributed by atoms with Crippen molar-refractivity contribution in [1.82, 2.24) is 9.97 Å². The minimum atomic E-state index is 0.380. The molecule has 21 heavy (non-hydrogen) atoms. The molecule has 3 aromatic rings. The quantitative estimate of drug-likeness (QED) is 0.720. The SMILES string of the molecule is COc1cc(OC)cc(Oc2nc3ccc(N)cc3[nH]2)c1. The van der Waals surface area contributed by atoms with E-state index in [1.807, 2.05) is 6.07 Å². The Morgan fingerprint density at radius 3 is 2.29 bits per heavy atom. The number of nitrogen functional groups attached to an aromatic ring is 1. The van der Waals surface area contributed by atoms with Crippen LogP contribution in [0.2, 0.25) is 0 Å². The molecule has 6 nitrogen and oxygen atoms in total. The molecule has 1 heterocycles. The van der Waals surface area contributed by atoms with E-state index in [0.717, 1.165) is 11.0 Å². The second-order valence-electron chi connectivity index (χ2n) is 4.47. The molecule has 0 bridgehead atoms. The molecule has 2 aromatic carbocycles. The van der Waals surface area contributed by atoms with Crippen molar-refractivity contribution < 1.29 is 14.2 Å². The van der Waals surface area contributed by atoms with E-state index in [4.69, 9.17) is 19.9 Å². The molecule has 0 fully saturated rings.